The molecule has 1 N–H and O–H groups in total. The fourth-order valence-electron chi connectivity index (χ4n) is 4.57. The number of methoxy groups -OCH3 is 2. The van der Waals surface area contributed by atoms with Gasteiger partial charge in [-0.15, -0.1) is 0 Å². The first-order valence-electron chi connectivity index (χ1n) is 14.3. The summed E-state index contributed by atoms with van der Waals surface area (Å²) >= 11 is 0. The van der Waals surface area contributed by atoms with E-state index in [4.69, 9.17) is 14.2 Å². The molecular weight excluding hydrogens is 582 g/mol. The Balaban J connectivity index is 2.09. The van der Waals surface area contributed by atoms with Crippen LogP contribution < -0.4 is 23.8 Å². The number of benzene rings is 3. The third kappa shape index (κ3) is 8.66. The summed E-state index contributed by atoms with van der Waals surface area (Å²) in [5, 5.41) is 2.93. The number of rotatable bonds is 13. The van der Waals surface area contributed by atoms with Gasteiger partial charge in [0.2, 0.25) is 11.8 Å². The highest BCUT2D eigenvalue weighted by Crippen LogP contribution is 2.33. The number of hydrogen-bond acceptors (Lipinski definition) is 7. The monoisotopic (exact) mass is 625 g/mol. The van der Waals surface area contributed by atoms with E-state index < -0.39 is 34.1 Å². The summed E-state index contributed by atoms with van der Waals surface area (Å²) < 4.78 is 45.6. The Bertz CT molecular complexity index is 1550. The maximum absolute atomic E-state index is 14.2. The summed E-state index contributed by atoms with van der Waals surface area (Å²) in [5.74, 6) is 0.229. The first-order chi connectivity index (χ1) is 20.7. The van der Waals surface area contributed by atoms with E-state index in [9.17, 15) is 18.0 Å². The van der Waals surface area contributed by atoms with Crippen LogP contribution >= 0.6 is 0 Å². The summed E-state index contributed by atoms with van der Waals surface area (Å²) in [4.78, 5) is 28.8. The number of amides is 2. The number of carbonyl (C=O) groups excluding carboxylic acids is 2. The molecule has 3 aromatic rings. The summed E-state index contributed by atoms with van der Waals surface area (Å²) in [6.07, 6.45) is 0. The van der Waals surface area contributed by atoms with Crippen LogP contribution in [0.2, 0.25) is 0 Å². The fourth-order valence-corrected chi connectivity index (χ4v) is 6.00. The molecule has 0 heterocycles. The molecular formula is C33H43N3O7S. The summed E-state index contributed by atoms with van der Waals surface area (Å²) in [6.45, 7) is 11.0. The number of aryl methyl sites for hydroxylation is 1. The van der Waals surface area contributed by atoms with E-state index in [2.05, 4.69) is 5.32 Å². The molecule has 0 aromatic heterocycles. The van der Waals surface area contributed by atoms with Crippen molar-refractivity contribution < 1.29 is 32.2 Å². The van der Waals surface area contributed by atoms with E-state index in [1.807, 2.05) is 58.9 Å². The van der Waals surface area contributed by atoms with Crippen LogP contribution in [-0.4, -0.2) is 64.1 Å². The van der Waals surface area contributed by atoms with Gasteiger partial charge in [-0.3, -0.25) is 13.9 Å². The highest BCUT2D eigenvalue weighted by molar-refractivity contribution is 7.92. The summed E-state index contributed by atoms with van der Waals surface area (Å²) in [5.41, 5.74) is 1.52. The van der Waals surface area contributed by atoms with Crippen LogP contribution in [0.5, 0.6) is 17.2 Å². The Morgan fingerprint density at radius 2 is 1.59 bits per heavy atom. The average Bonchev–Trinajstić information content (AvgIpc) is 2.97. The lowest BCUT2D eigenvalue weighted by Gasteiger charge is -2.33. The highest BCUT2D eigenvalue weighted by atomic mass is 32.2. The van der Waals surface area contributed by atoms with Gasteiger partial charge in [0.1, 0.15) is 18.3 Å². The smallest absolute Gasteiger partial charge is 0.264 e. The normalized spacial score (nSPS) is 12.2. The Morgan fingerprint density at radius 1 is 0.932 bits per heavy atom. The van der Waals surface area contributed by atoms with Gasteiger partial charge >= 0.3 is 0 Å². The largest absolute Gasteiger partial charge is 0.494 e. The fraction of sp³-hybridized carbons (Fsp3) is 0.394. The SMILES string of the molecule is CCOc1ccc(N(CC(=O)N(Cc2cccc(C)c2)[C@@H](C)C(=O)NC(C)(C)C)S(=O)(=O)c2ccc(OC)c(OC)c2)cc1. The van der Waals surface area contributed by atoms with Crippen molar-refractivity contribution in [3.63, 3.8) is 0 Å². The van der Waals surface area contributed by atoms with Crippen molar-refractivity contribution in [3.05, 3.63) is 77.9 Å². The molecule has 0 spiro atoms. The van der Waals surface area contributed by atoms with E-state index in [1.165, 1.54) is 37.3 Å². The molecule has 10 nitrogen and oxygen atoms in total. The van der Waals surface area contributed by atoms with Gasteiger partial charge in [-0.2, -0.15) is 0 Å². The minimum atomic E-state index is -4.31. The van der Waals surface area contributed by atoms with E-state index in [0.29, 0.717) is 18.1 Å². The van der Waals surface area contributed by atoms with Gasteiger partial charge in [0, 0.05) is 18.2 Å². The number of carbonyl (C=O) groups is 2. The van der Waals surface area contributed by atoms with E-state index in [-0.39, 0.29) is 28.8 Å². The van der Waals surface area contributed by atoms with Crippen LogP contribution in [0.3, 0.4) is 0 Å². The Labute approximate surface area is 261 Å². The van der Waals surface area contributed by atoms with Crippen molar-refractivity contribution in [2.75, 3.05) is 31.7 Å². The van der Waals surface area contributed by atoms with Crippen molar-refractivity contribution in [2.24, 2.45) is 0 Å². The lowest BCUT2D eigenvalue weighted by atomic mass is 10.1. The van der Waals surface area contributed by atoms with Crippen molar-refractivity contribution in [3.8, 4) is 17.2 Å². The molecule has 0 saturated heterocycles. The first kappa shape index (κ1) is 34.2. The summed E-state index contributed by atoms with van der Waals surface area (Å²) in [6, 6.07) is 17.4. The van der Waals surface area contributed by atoms with E-state index >= 15 is 0 Å². The minimum Gasteiger partial charge on any atom is -0.494 e. The van der Waals surface area contributed by atoms with Gasteiger partial charge < -0.3 is 24.4 Å². The third-order valence-corrected chi connectivity index (χ3v) is 8.53. The zero-order valence-corrected chi connectivity index (χ0v) is 27.5. The predicted molar refractivity (Wildman–Crippen MR) is 171 cm³/mol. The van der Waals surface area contributed by atoms with Gasteiger partial charge in [-0.1, -0.05) is 29.8 Å². The molecule has 1 atom stereocenters. The number of nitrogens with one attached hydrogen (secondary N) is 1. The van der Waals surface area contributed by atoms with Gasteiger partial charge in [-0.25, -0.2) is 8.42 Å². The molecule has 3 rings (SSSR count). The zero-order chi connectivity index (χ0) is 32.7. The topological polar surface area (TPSA) is 114 Å². The second kappa shape index (κ2) is 14.5. The molecule has 0 aliphatic rings. The lowest BCUT2D eigenvalue weighted by Crippen LogP contribution is -2.54. The van der Waals surface area contributed by atoms with Crippen molar-refractivity contribution in [2.45, 2.75) is 64.6 Å². The van der Waals surface area contributed by atoms with Gasteiger partial charge in [0.15, 0.2) is 11.5 Å². The van der Waals surface area contributed by atoms with E-state index in [0.717, 1.165) is 15.4 Å². The molecule has 0 aliphatic carbocycles. The number of hydrogen-bond donors (Lipinski definition) is 1. The van der Waals surface area contributed by atoms with Crippen LogP contribution in [0.4, 0.5) is 5.69 Å². The average molecular weight is 626 g/mol. The minimum absolute atomic E-state index is 0.0967. The standard InChI is InChI=1S/C33H43N3O7S/c1-9-43-27-15-13-26(14-16-27)36(44(39,40)28-17-18-29(41-7)30(20-28)42-8)22-31(37)35(21-25-12-10-11-23(2)19-25)24(3)32(38)34-33(4,5)6/h10-20,24H,9,21-22H2,1-8H3,(H,34,38)/t24-/m0/s1. The number of anilines is 1. The van der Waals surface area contributed by atoms with E-state index in [1.54, 1.807) is 31.2 Å². The second-order valence-corrected chi connectivity index (χ2v) is 13.2. The molecule has 0 radical (unpaired) electrons. The van der Waals surface area contributed by atoms with Crippen molar-refractivity contribution >= 4 is 27.5 Å². The molecule has 11 heteroatoms. The third-order valence-electron chi connectivity index (χ3n) is 6.76. The number of ether oxygens (including phenoxy) is 3. The van der Waals surface area contributed by atoms with Crippen LogP contribution in [0.25, 0.3) is 0 Å². The molecule has 3 aromatic carbocycles. The maximum Gasteiger partial charge on any atom is 0.264 e. The van der Waals surface area contributed by atoms with Crippen molar-refractivity contribution in [1.29, 1.82) is 0 Å². The summed E-state index contributed by atoms with van der Waals surface area (Å²) in [7, 11) is -1.44. The molecule has 0 fully saturated rings. The Hall–Kier alpha value is -4.25. The van der Waals surface area contributed by atoms with Crippen LogP contribution in [0.1, 0.15) is 45.7 Å². The molecule has 0 bridgehead atoms. The van der Waals surface area contributed by atoms with Gasteiger partial charge in [0.05, 0.1) is 31.4 Å². The number of nitrogens with zero attached hydrogens (tertiary/aromatic N) is 2. The lowest BCUT2D eigenvalue weighted by molar-refractivity contribution is -0.140. The molecule has 0 aliphatic heterocycles. The molecule has 0 unspecified atom stereocenters. The quantitative estimate of drug-likeness (QED) is 0.286. The van der Waals surface area contributed by atoms with Gasteiger partial charge in [0.25, 0.3) is 10.0 Å². The van der Waals surface area contributed by atoms with Gasteiger partial charge in [-0.05, 0) is 83.5 Å². The molecule has 238 valence electrons. The van der Waals surface area contributed by atoms with Crippen molar-refractivity contribution in [1.82, 2.24) is 10.2 Å². The molecule has 44 heavy (non-hydrogen) atoms. The van der Waals surface area contributed by atoms with Crippen LogP contribution in [0, 0.1) is 6.92 Å². The van der Waals surface area contributed by atoms with Crippen LogP contribution in [-0.2, 0) is 26.2 Å². The highest BCUT2D eigenvalue weighted by Gasteiger charge is 2.34. The predicted octanol–water partition coefficient (Wildman–Crippen LogP) is 4.94. The molecule has 2 amide bonds. The Morgan fingerprint density at radius 3 is 2.16 bits per heavy atom. The van der Waals surface area contributed by atoms with Crippen LogP contribution in [0.15, 0.2) is 71.6 Å². The zero-order valence-electron chi connectivity index (χ0n) is 26.7. The second-order valence-electron chi connectivity index (χ2n) is 11.4. The maximum atomic E-state index is 14.2. The Kier molecular flexibility index (Phi) is 11.3. The molecule has 0 saturated carbocycles. The first-order valence-corrected chi connectivity index (χ1v) is 15.8. The number of sulfonamides is 1.